The number of benzene rings is 2. The minimum Gasteiger partial charge on any atom is -0.494 e. The van der Waals surface area contributed by atoms with Crippen molar-refractivity contribution in [2.45, 2.75) is 12.3 Å². The minimum absolute atomic E-state index is 0.148. The van der Waals surface area contributed by atoms with E-state index in [4.69, 9.17) is 4.74 Å². The lowest BCUT2D eigenvalue weighted by Crippen LogP contribution is -2.09. The van der Waals surface area contributed by atoms with Crippen LogP contribution in [-0.4, -0.2) is 18.3 Å². The van der Waals surface area contributed by atoms with E-state index >= 15 is 0 Å². The lowest BCUT2D eigenvalue weighted by Gasteiger charge is -2.15. The van der Waals surface area contributed by atoms with Crippen molar-refractivity contribution >= 4 is 0 Å². The Kier molecular flexibility index (Phi) is 4.79. The first-order valence-corrected chi connectivity index (χ1v) is 6.24. The number of para-hydroxylation sites is 1. The Balaban J connectivity index is 1.85. The van der Waals surface area contributed by atoms with Gasteiger partial charge in [0.15, 0.2) is 0 Å². The first kappa shape index (κ1) is 12.7. The summed E-state index contributed by atoms with van der Waals surface area (Å²) in [5, 5.41) is 9.42. The number of aliphatic hydroxyl groups is 1. The molecule has 2 heteroatoms. The molecule has 18 heavy (non-hydrogen) atoms. The van der Waals surface area contributed by atoms with Crippen LogP contribution in [0.15, 0.2) is 60.7 Å². The smallest absolute Gasteiger partial charge is 0.119 e. The van der Waals surface area contributed by atoms with E-state index in [1.54, 1.807) is 0 Å². The maximum absolute atomic E-state index is 9.42. The van der Waals surface area contributed by atoms with E-state index in [0.29, 0.717) is 6.61 Å². The number of ether oxygens (including phenoxy) is 1. The summed E-state index contributed by atoms with van der Waals surface area (Å²) in [7, 11) is 0. The molecule has 0 spiro atoms. The molecule has 0 heterocycles. The van der Waals surface area contributed by atoms with E-state index in [1.165, 1.54) is 0 Å². The zero-order valence-electron chi connectivity index (χ0n) is 10.3. The molecule has 0 fully saturated rings. The second-order valence-corrected chi connectivity index (χ2v) is 4.24. The quantitative estimate of drug-likeness (QED) is 0.842. The Hall–Kier alpha value is -1.80. The van der Waals surface area contributed by atoms with Crippen LogP contribution in [0.3, 0.4) is 0 Å². The zero-order valence-corrected chi connectivity index (χ0v) is 10.3. The average Bonchev–Trinajstić information content (AvgIpc) is 2.46. The van der Waals surface area contributed by atoms with Crippen LogP contribution in [-0.2, 0) is 0 Å². The Morgan fingerprint density at radius 3 is 2.11 bits per heavy atom. The van der Waals surface area contributed by atoms with Crippen LogP contribution >= 0.6 is 0 Å². The Labute approximate surface area is 108 Å². The van der Waals surface area contributed by atoms with E-state index in [2.05, 4.69) is 0 Å². The second-order valence-electron chi connectivity index (χ2n) is 4.24. The predicted molar refractivity (Wildman–Crippen MR) is 72.8 cm³/mol. The fourth-order valence-electron chi connectivity index (χ4n) is 1.92. The van der Waals surface area contributed by atoms with E-state index in [1.807, 2.05) is 60.7 Å². The van der Waals surface area contributed by atoms with Crippen molar-refractivity contribution < 1.29 is 9.84 Å². The molecule has 0 aliphatic heterocycles. The summed E-state index contributed by atoms with van der Waals surface area (Å²) in [4.78, 5) is 0. The van der Waals surface area contributed by atoms with Gasteiger partial charge in [-0.15, -0.1) is 0 Å². The molecule has 0 radical (unpaired) electrons. The monoisotopic (exact) mass is 242 g/mol. The molecule has 2 aromatic carbocycles. The molecule has 1 atom stereocenters. The third-order valence-electron chi connectivity index (χ3n) is 2.97. The van der Waals surface area contributed by atoms with Crippen molar-refractivity contribution in [3.05, 3.63) is 66.2 Å². The molecule has 0 aliphatic rings. The molecule has 1 N–H and O–H groups in total. The third-order valence-corrected chi connectivity index (χ3v) is 2.97. The number of rotatable bonds is 6. The highest BCUT2D eigenvalue weighted by atomic mass is 16.5. The summed E-state index contributed by atoms with van der Waals surface area (Å²) in [6.07, 6.45) is 0.815. The Morgan fingerprint density at radius 2 is 1.50 bits per heavy atom. The van der Waals surface area contributed by atoms with Gasteiger partial charge >= 0.3 is 0 Å². The summed E-state index contributed by atoms with van der Waals surface area (Å²) in [6, 6.07) is 19.8. The molecule has 0 aromatic heterocycles. The average molecular weight is 242 g/mol. The molecule has 0 saturated carbocycles. The van der Waals surface area contributed by atoms with Gasteiger partial charge in [-0.3, -0.25) is 0 Å². The molecule has 0 saturated heterocycles. The fourth-order valence-corrected chi connectivity index (χ4v) is 1.92. The molecular weight excluding hydrogens is 224 g/mol. The van der Waals surface area contributed by atoms with Gasteiger partial charge < -0.3 is 9.84 Å². The van der Waals surface area contributed by atoms with Crippen molar-refractivity contribution in [3.8, 4) is 5.75 Å². The van der Waals surface area contributed by atoms with Gasteiger partial charge in [0.05, 0.1) is 13.2 Å². The summed E-state index contributed by atoms with van der Waals surface area (Å²) < 4.78 is 5.65. The van der Waals surface area contributed by atoms with Crippen molar-refractivity contribution in [2.75, 3.05) is 13.2 Å². The van der Waals surface area contributed by atoms with Crippen molar-refractivity contribution in [1.82, 2.24) is 0 Å². The highest BCUT2D eigenvalue weighted by molar-refractivity contribution is 5.21. The van der Waals surface area contributed by atoms with Crippen molar-refractivity contribution in [2.24, 2.45) is 0 Å². The van der Waals surface area contributed by atoms with Gasteiger partial charge in [-0.2, -0.15) is 0 Å². The SMILES string of the molecule is OCC(CCOc1ccccc1)c1ccccc1. The van der Waals surface area contributed by atoms with Crippen LogP contribution in [0.5, 0.6) is 5.75 Å². The van der Waals surface area contributed by atoms with E-state index < -0.39 is 0 Å². The topological polar surface area (TPSA) is 29.5 Å². The lowest BCUT2D eigenvalue weighted by molar-refractivity contribution is 0.229. The molecule has 2 nitrogen and oxygen atoms in total. The summed E-state index contributed by atoms with van der Waals surface area (Å²) >= 11 is 0. The standard InChI is InChI=1S/C16H18O2/c17-13-15(14-7-3-1-4-8-14)11-12-18-16-9-5-2-6-10-16/h1-10,15,17H,11-13H2. The second kappa shape index (κ2) is 6.82. The maximum atomic E-state index is 9.42. The van der Waals surface area contributed by atoms with Gasteiger partial charge in [-0.1, -0.05) is 48.5 Å². The van der Waals surface area contributed by atoms with Crippen LogP contribution in [0.4, 0.5) is 0 Å². The van der Waals surface area contributed by atoms with Crippen LogP contribution in [0.2, 0.25) is 0 Å². The molecule has 0 amide bonds. The third kappa shape index (κ3) is 3.60. The molecule has 2 rings (SSSR count). The molecule has 2 aromatic rings. The normalized spacial score (nSPS) is 12.1. The van der Waals surface area contributed by atoms with Crippen molar-refractivity contribution in [1.29, 1.82) is 0 Å². The molecule has 0 aliphatic carbocycles. The Morgan fingerprint density at radius 1 is 0.889 bits per heavy atom. The van der Waals surface area contributed by atoms with Crippen LogP contribution in [0.1, 0.15) is 17.9 Å². The van der Waals surface area contributed by atoms with Crippen LogP contribution in [0, 0.1) is 0 Å². The van der Waals surface area contributed by atoms with Gasteiger partial charge in [0.1, 0.15) is 5.75 Å². The van der Waals surface area contributed by atoms with Gasteiger partial charge in [-0.05, 0) is 24.1 Å². The van der Waals surface area contributed by atoms with E-state index in [-0.39, 0.29) is 12.5 Å². The lowest BCUT2D eigenvalue weighted by atomic mass is 9.97. The molecular formula is C16H18O2. The Bertz CT molecular complexity index is 439. The first-order chi connectivity index (χ1) is 8.90. The maximum Gasteiger partial charge on any atom is 0.119 e. The van der Waals surface area contributed by atoms with Gasteiger partial charge in [0, 0.05) is 5.92 Å². The molecule has 0 bridgehead atoms. The van der Waals surface area contributed by atoms with Gasteiger partial charge in [0.25, 0.3) is 0 Å². The van der Waals surface area contributed by atoms with Gasteiger partial charge in [-0.25, -0.2) is 0 Å². The van der Waals surface area contributed by atoms with Crippen LogP contribution < -0.4 is 4.74 Å². The number of hydrogen-bond acceptors (Lipinski definition) is 2. The van der Waals surface area contributed by atoms with Crippen LogP contribution in [0.25, 0.3) is 0 Å². The first-order valence-electron chi connectivity index (χ1n) is 6.24. The van der Waals surface area contributed by atoms with E-state index in [9.17, 15) is 5.11 Å². The predicted octanol–water partition coefficient (Wildman–Crippen LogP) is 3.23. The zero-order chi connectivity index (χ0) is 12.6. The highest BCUT2D eigenvalue weighted by Crippen LogP contribution is 2.19. The summed E-state index contributed by atoms with van der Waals surface area (Å²) in [6.45, 7) is 0.770. The van der Waals surface area contributed by atoms with E-state index in [0.717, 1.165) is 17.7 Å². The summed E-state index contributed by atoms with van der Waals surface area (Å²) in [5.41, 5.74) is 1.16. The minimum atomic E-state index is 0.148. The largest absolute Gasteiger partial charge is 0.494 e. The highest BCUT2D eigenvalue weighted by Gasteiger charge is 2.09. The number of hydrogen-bond donors (Lipinski definition) is 1. The fraction of sp³-hybridized carbons (Fsp3) is 0.250. The summed E-state index contributed by atoms with van der Waals surface area (Å²) in [5.74, 6) is 1.03. The molecule has 94 valence electrons. The number of aliphatic hydroxyl groups excluding tert-OH is 1. The van der Waals surface area contributed by atoms with Crippen molar-refractivity contribution in [3.63, 3.8) is 0 Å². The molecule has 1 unspecified atom stereocenters. The van der Waals surface area contributed by atoms with Gasteiger partial charge in [0.2, 0.25) is 0 Å².